The first-order chi connectivity index (χ1) is 10.0. The maximum atomic E-state index is 12.3. The number of amides is 1. The van der Waals surface area contributed by atoms with Crippen molar-refractivity contribution in [2.45, 2.75) is 6.92 Å². The van der Waals surface area contributed by atoms with Gasteiger partial charge in [-0.1, -0.05) is 11.6 Å². The van der Waals surface area contributed by atoms with Crippen LogP contribution >= 0.6 is 11.6 Å². The largest absolute Gasteiger partial charge is 0.454 e. The molecule has 0 bridgehead atoms. The van der Waals surface area contributed by atoms with Crippen LogP contribution in [-0.4, -0.2) is 17.7 Å². The summed E-state index contributed by atoms with van der Waals surface area (Å²) < 4.78 is 10.5. The van der Waals surface area contributed by atoms with Crippen LogP contribution < -0.4 is 20.5 Å². The minimum atomic E-state index is -0.349. The molecule has 0 saturated heterocycles. The van der Waals surface area contributed by atoms with Gasteiger partial charge in [-0.05, 0) is 25.1 Å². The molecule has 0 aliphatic carbocycles. The van der Waals surface area contributed by atoms with Crippen molar-refractivity contribution in [1.29, 1.82) is 0 Å². The zero-order valence-corrected chi connectivity index (χ0v) is 11.9. The summed E-state index contributed by atoms with van der Waals surface area (Å²) >= 11 is 5.79. The smallest absolute Gasteiger partial charge is 0.257 e. The third kappa shape index (κ3) is 2.57. The summed E-state index contributed by atoms with van der Waals surface area (Å²) in [6, 6.07) is 6.43. The molecular weight excluding hydrogens is 294 g/mol. The number of fused-ring (bicyclic) bond motifs is 1. The van der Waals surface area contributed by atoms with Crippen LogP contribution in [0.2, 0.25) is 5.15 Å². The molecule has 1 amide bonds. The van der Waals surface area contributed by atoms with Gasteiger partial charge in [0.1, 0.15) is 5.15 Å². The Morgan fingerprint density at radius 2 is 2.05 bits per heavy atom. The molecule has 3 N–H and O–H groups in total. The van der Waals surface area contributed by atoms with E-state index in [1.807, 2.05) is 0 Å². The molecule has 0 radical (unpaired) electrons. The van der Waals surface area contributed by atoms with Gasteiger partial charge in [0.15, 0.2) is 11.5 Å². The average molecular weight is 306 g/mol. The number of aromatic nitrogens is 1. The van der Waals surface area contributed by atoms with Crippen LogP contribution in [-0.2, 0) is 0 Å². The second-order valence-electron chi connectivity index (χ2n) is 4.51. The first kappa shape index (κ1) is 13.5. The highest BCUT2D eigenvalue weighted by molar-refractivity contribution is 6.29. The van der Waals surface area contributed by atoms with Crippen molar-refractivity contribution in [2.75, 3.05) is 17.8 Å². The molecular formula is C14H12ClN3O3. The molecule has 3 rings (SSSR count). The van der Waals surface area contributed by atoms with E-state index in [2.05, 4.69) is 10.3 Å². The number of nitrogens with two attached hydrogens (primary N) is 1. The van der Waals surface area contributed by atoms with Crippen LogP contribution in [0.15, 0.2) is 24.3 Å². The number of anilines is 2. The number of rotatable bonds is 2. The number of halogens is 1. The Labute approximate surface area is 125 Å². The SMILES string of the molecule is Cc1nc(Cl)ccc1NC(=O)c1cc2c(cc1N)OCO2. The number of carbonyl (C=O) groups is 1. The van der Waals surface area contributed by atoms with Gasteiger partial charge in [-0.2, -0.15) is 0 Å². The van der Waals surface area contributed by atoms with Gasteiger partial charge in [-0.3, -0.25) is 4.79 Å². The Morgan fingerprint density at radius 1 is 1.33 bits per heavy atom. The number of carbonyl (C=O) groups excluding carboxylic acids is 1. The number of nitrogens with one attached hydrogen (secondary N) is 1. The molecule has 1 aliphatic rings. The van der Waals surface area contributed by atoms with Gasteiger partial charge in [0.25, 0.3) is 5.91 Å². The molecule has 1 aliphatic heterocycles. The molecule has 7 heteroatoms. The molecule has 0 saturated carbocycles. The summed E-state index contributed by atoms with van der Waals surface area (Å²) in [5.41, 5.74) is 7.70. The monoisotopic (exact) mass is 305 g/mol. The lowest BCUT2D eigenvalue weighted by atomic mass is 10.1. The van der Waals surface area contributed by atoms with Gasteiger partial charge in [0.2, 0.25) is 6.79 Å². The number of hydrogen-bond acceptors (Lipinski definition) is 5. The average Bonchev–Trinajstić information content (AvgIpc) is 2.88. The lowest BCUT2D eigenvalue weighted by Gasteiger charge is -2.10. The summed E-state index contributed by atoms with van der Waals surface area (Å²) in [5.74, 6) is 0.687. The Kier molecular flexibility index (Phi) is 3.31. The van der Waals surface area contributed by atoms with Crippen LogP contribution in [0.25, 0.3) is 0 Å². The molecule has 0 atom stereocenters. The fraction of sp³-hybridized carbons (Fsp3) is 0.143. The predicted octanol–water partition coefficient (Wildman–Crippen LogP) is 2.61. The zero-order valence-electron chi connectivity index (χ0n) is 11.1. The molecule has 1 aromatic heterocycles. The molecule has 6 nitrogen and oxygen atoms in total. The maximum Gasteiger partial charge on any atom is 0.257 e. The fourth-order valence-corrected chi connectivity index (χ4v) is 2.20. The van der Waals surface area contributed by atoms with E-state index in [4.69, 9.17) is 26.8 Å². The van der Waals surface area contributed by atoms with Crippen molar-refractivity contribution in [3.8, 4) is 11.5 Å². The van der Waals surface area contributed by atoms with Crippen LogP contribution in [0.5, 0.6) is 11.5 Å². The third-order valence-electron chi connectivity index (χ3n) is 3.09. The minimum absolute atomic E-state index is 0.125. The van der Waals surface area contributed by atoms with E-state index in [0.717, 1.165) is 0 Å². The molecule has 108 valence electrons. The first-order valence-electron chi connectivity index (χ1n) is 6.18. The third-order valence-corrected chi connectivity index (χ3v) is 3.30. The van der Waals surface area contributed by atoms with Crippen molar-refractivity contribution >= 4 is 28.9 Å². The Morgan fingerprint density at radius 3 is 2.76 bits per heavy atom. The number of nitrogen functional groups attached to an aromatic ring is 1. The number of nitrogens with zero attached hydrogens (tertiary/aromatic N) is 1. The number of pyridine rings is 1. The molecule has 2 aromatic rings. The van der Waals surface area contributed by atoms with Crippen LogP contribution in [0.3, 0.4) is 0 Å². The van der Waals surface area contributed by atoms with Crippen molar-refractivity contribution in [3.05, 3.63) is 40.7 Å². The summed E-state index contributed by atoms with van der Waals surface area (Å²) in [6.07, 6.45) is 0. The number of aryl methyl sites for hydroxylation is 1. The normalized spacial score (nSPS) is 12.3. The molecule has 0 unspecified atom stereocenters. The molecule has 21 heavy (non-hydrogen) atoms. The quantitative estimate of drug-likeness (QED) is 0.658. The van der Waals surface area contributed by atoms with Gasteiger partial charge in [0.05, 0.1) is 16.9 Å². The Bertz CT molecular complexity index is 734. The summed E-state index contributed by atoms with van der Waals surface area (Å²) in [4.78, 5) is 16.4. The fourth-order valence-electron chi connectivity index (χ4n) is 2.01. The van der Waals surface area contributed by atoms with Gasteiger partial charge >= 0.3 is 0 Å². The first-order valence-corrected chi connectivity index (χ1v) is 6.56. The number of benzene rings is 1. The summed E-state index contributed by atoms with van der Waals surface area (Å²) in [7, 11) is 0. The van der Waals surface area contributed by atoms with Crippen LogP contribution in [0.4, 0.5) is 11.4 Å². The lowest BCUT2D eigenvalue weighted by Crippen LogP contribution is -2.15. The molecule has 0 fully saturated rings. The highest BCUT2D eigenvalue weighted by Gasteiger charge is 2.20. The van der Waals surface area contributed by atoms with E-state index >= 15 is 0 Å². The Hall–Kier alpha value is -2.47. The summed E-state index contributed by atoms with van der Waals surface area (Å²) in [5, 5.41) is 3.12. The predicted molar refractivity (Wildman–Crippen MR) is 78.9 cm³/mol. The molecule has 0 spiro atoms. The van der Waals surface area contributed by atoms with E-state index < -0.39 is 0 Å². The minimum Gasteiger partial charge on any atom is -0.454 e. The van der Waals surface area contributed by atoms with E-state index in [1.54, 1.807) is 31.2 Å². The van der Waals surface area contributed by atoms with Gasteiger partial charge in [-0.15, -0.1) is 0 Å². The maximum absolute atomic E-state index is 12.3. The van der Waals surface area contributed by atoms with Gasteiger partial charge in [0, 0.05) is 11.8 Å². The van der Waals surface area contributed by atoms with Gasteiger partial charge in [-0.25, -0.2) is 4.98 Å². The summed E-state index contributed by atoms with van der Waals surface area (Å²) in [6.45, 7) is 1.88. The zero-order chi connectivity index (χ0) is 15.0. The standard InChI is InChI=1S/C14H12ClN3O3/c1-7-10(2-3-13(15)17-7)18-14(19)8-4-11-12(5-9(8)16)21-6-20-11/h2-5H,6,16H2,1H3,(H,18,19). The van der Waals surface area contributed by atoms with Crippen molar-refractivity contribution in [2.24, 2.45) is 0 Å². The van der Waals surface area contributed by atoms with Gasteiger partial charge < -0.3 is 20.5 Å². The van der Waals surface area contributed by atoms with E-state index in [0.29, 0.717) is 39.3 Å². The number of ether oxygens (including phenoxy) is 2. The molecule has 1 aromatic carbocycles. The highest BCUT2D eigenvalue weighted by Crippen LogP contribution is 2.36. The van der Waals surface area contributed by atoms with Crippen LogP contribution in [0, 0.1) is 6.92 Å². The second-order valence-corrected chi connectivity index (χ2v) is 4.90. The van der Waals surface area contributed by atoms with Crippen molar-refractivity contribution in [3.63, 3.8) is 0 Å². The lowest BCUT2D eigenvalue weighted by molar-refractivity contribution is 0.102. The van der Waals surface area contributed by atoms with Crippen molar-refractivity contribution in [1.82, 2.24) is 4.98 Å². The second kappa shape index (κ2) is 5.14. The van der Waals surface area contributed by atoms with E-state index in [-0.39, 0.29) is 12.7 Å². The number of hydrogen-bond donors (Lipinski definition) is 2. The highest BCUT2D eigenvalue weighted by atomic mass is 35.5. The van der Waals surface area contributed by atoms with E-state index in [9.17, 15) is 4.79 Å². The van der Waals surface area contributed by atoms with Crippen molar-refractivity contribution < 1.29 is 14.3 Å². The Balaban J connectivity index is 1.89. The topological polar surface area (TPSA) is 86.5 Å². The molecule has 2 heterocycles. The van der Waals surface area contributed by atoms with E-state index in [1.165, 1.54) is 0 Å². The van der Waals surface area contributed by atoms with Crippen LogP contribution in [0.1, 0.15) is 16.1 Å².